The topological polar surface area (TPSA) is 80.9 Å². The van der Waals surface area contributed by atoms with E-state index in [-0.39, 0.29) is 17.9 Å². The molecule has 1 aromatic carbocycles. The van der Waals surface area contributed by atoms with Crippen molar-refractivity contribution >= 4 is 5.97 Å². The third-order valence-corrected chi connectivity index (χ3v) is 3.51. The number of tetrazole rings is 1. The Hall–Kier alpha value is -2.38. The fourth-order valence-corrected chi connectivity index (χ4v) is 1.81. The average Bonchev–Trinajstić information content (AvgIpc) is 2.89. The molecule has 0 saturated carbocycles. The molecule has 0 fully saturated rings. The number of carboxylic acids is 1. The molecule has 1 heterocycles. The molecule has 0 bridgehead atoms. The average molecular weight is 296 g/mol. The van der Waals surface area contributed by atoms with Gasteiger partial charge in [-0.3, -0.25) is 4.79 Å². The summed E-state index contributed by atoms with van der Waals surface area (Å²) in [5.74, 6) is -2.77. The van der Waals surface area contributed by atoms with Gasteiger partial charge in [0.1, 0.15) is 0 Å². The number of nitrogens with zero attached hydrogens (tertiary/aromatic N) is 4. The van der Waals surface area contributed by atoms with Crippen LogP contribution >= 0.6 is 0 Å². The van der Waals surface area contributed by atoms with Crippen LogP contribution in [0.4, 0.5) is 8.78 Å². The lowest BCUT2D eigenvalue weighted by atomic mass is 9.88. The van der Waals surface area contributed by atoms with Crippen molar-refractivity contribution < 1.29 is 18.7 Å². The first kappa shape index (κ1) is 15.0. The summed E-state index contributed by atoms with van der Waals surface area (Å²) in [6.45, 7) is 3.35. The SMILES string of the molecule is CCC(C)(Cn1nnnc1-c1ccc(F)c(F)c1)C(=O)O. The number of hydrogen-bond acceptors (Lipinski definition) is 4. The molecule has 0 aliphatic rings. The molecule has 21 heavy (non-hydrogen) atoms. The van der Waals surface area contributed by atoms with Gasteiger partial charge in [0.25, 0.3) is 0 Å². The van der Waals surface area contributed by atoms with E-state index in [9.17, 15) is 18.7 Å². The molecule has 6 nitrogen and oxygen atoms in total. The standard InChI is InChI=1S/C13H14F2N4O2/c1-3-13(2,12(20)21)7-19-11(16-17-18-19)8-4-5-9(14)10(15)6-8/h4-6H,3,7H2,1-2H3,(H,20,21). The molecule has 0 aliphatic heterocycles. The van der Waals surface area contributed by atoms with Gasteiger partial charge in [0.15, 0.2) is 17.5 Å². The smallest absolute Gasteiger partial charge is 0.311 e. The van der Waals surface area contributed by atoms with Crippen molar-refractivity contribution in [2.75, 3.05) is 0 Å². The quantitative estimate of drug-likeness (QED) is 0.914. The number of aromatic nitrogens is 4. The maximum absolute atomic E-state index is 13.3. The zero-order valence-corrected chi connectivity index (χ0v) is 11.5. The van der Waals surface area contributed by atoms with E-state index in [0.717, 1.165) is 12.1 Å². The van der Waals surface area contributed by atoms with Gasteiger partial charge in [-0.2, -0.15) is 0 Å². The Bertz CT molecular complexity index is 674. The number of carbonyl (C=O) groups is 1. The molecule has 1 atom stereocenters. The summed E-state index contributed by atoms with van der Waals surface area (Å²) < 4.78 is 27.5. The van der Waals surface area contributed by atoms with E-state index >= 15 is 0 Å². The fraction of sp³-hybridized carbons (Fsp3) is 0.385. The van der Waals surface area contributed by atoms with Crippen molar-refractivity contribution in [3.8, 4) is 11.4 Å². The lowest BCUT2D eigenvalue weighted by molar-refractivity contribution is -0.149. The Morgan fingerprint density at radius 1 is 1.38 bits per heavy atom. The molecule has 2 rings (SSSR count). The second-order valence-corrected chi connectivity index (χ2v) is 5.01. The number of benzene rings is 1. The van der Waals surface area contributed by atoms with Gasteiger partial charge in [-0.1, -0.05) is 6.92 Å². The number of aliphatic carboxylic acids is 1. The van der Waals surface area contributed by atoms with Crippen LogP contribution in [0.15, 0.2) is 18.2 Å². The van der Waals surface area contributed by atoms with Gasteiger partial charge in [-0.15, -0.1) is 5.10 Å². The molecule has 2 aromatic rings. The summed E-state index contributed by atoms with van der Waals surface area (Å²) >= 11 is 0. The molecule has 8 heteroatoms. The highest BCUT2D eigenvalue weighted by atomic mass is 19.2. The fourth-order valence-electron chi connectivity index (χ4n) is 1.81. The van der Waals surface area contributed by atoms with Crippen LogP contribution in [-0.4, -0.2) is 31.3 Å². The predicted octanol–water partition coefficient (Wildman–Crippen LogP) is 2.12. The lowest BCUT2D eigenvalue weighted by Crippen LogP contribution is -2.32. The Balaban J connectivity index is 2.39. The van der Waals surface area contributed by atoms with Gasteiger partial charge in [0.2, 0.25) is 0 Å². The summed E-state index contributed by atoms with van der Waals surface area (Å²) in [7, 11) is 0. The molecule has 0 aliphatic carbocycles. The van der Waals surface area contributed by atoms with Crippen molar-refractivity contribution in [1.29, 1.82) is 0 Å². The normalized spacial score (nSPS) is 13.9. The van der Waals surface area contributed by atoms with Crippen LogP contribution < -0.4 is 0 Å². The summed E-state index contributed by atoms with van der Waals surface area (Å²) in [6, 6.07) is 3.28. The van der Waals surface area contributed by atoms with Gasteiger partial charge < -0.3 is 5.11 Å². The van der Waals surface area contributed by atoms with E-state index < -0.39 is 23.0 Å². The lowest BCUT2D eigenvalue weighted by Gasteiger charge is -2.22. The molecular weight excluding hydrogens is 282 g/mol. The van der Waals surface area contributed by atoms with E-state index in [1.165, 1.54) is 10.7 Å². The minimum absolute atomic E-state index is 0.0279. The molecule has 112 valence electrons. The number of halogens is 2. The molecule has 0 amide bonds. The number of rotatable bonds is 5. The van der Waals surface area contributed by atoms with E-state index in [2.05, 4.69) is 15.5 Å². The van der Waals surface area contributed by atoms with Crippen LogP contribution in [0.1, 0.15) is 20.3 Å². The molecule has 0 radical (unpaired) electrons. The van der Waals surface area contributed by atoms with E-state index in [1.54, 1.807) is 13.8 Å². The van der Waals surface area contributed by atoms with Crippen molar-refractivity contribution in [3.63, 3.8) is 0 Å². The zero-order chi connectivity index (χ0) is 15.6. The first-order chi connectivity index (χ1) is 9.87. The molecule has 0 saturated heterocycles. The molecular formula is C13H14F2N4O2. The third kappa shape index (κ3) is 2.88. The molecule has 0 spiro atoms. The second-order valence-electron chi connectivity index (χ2n) is 5.01. The largest absolute Gasteiger partial charge is 0.481 e. The maximum Gasteiger partial charge on any atom is 0.311 e. The summed E-state index contributed by atoms with van der Waals surface area (Å²) in [5, 5.41) is 20.3. The van der Waals surface area contributed by atoms with Crippen LogP contribution in [0.5, 0.6) is 0 Å². The van der Waals surface area contributed by atoms with Crippen molar-refractivity contribution in [3.05, 3.63) is 29.8 Å². The van der Waals surface area contributed by atoms with E-state index in [0.29, 0.717) is 6.42 Å². The Morgan fingerprint density at radius 3 is 2.67 bits per heavy atom. The van der Waals surface area contributed by atoms with Crippen molar-refractivity contribution in [1.82, 2.24) is 20.2 Å². The highest BCUT2D eigenvalue weighted by molar-refractivity contribution is 5.74. The van der Waals surface area contributed by atoms with Gasteiger partial charge >= 0.3 is 5.97 Å². The minimum atomic E-state index is -1.05. The number of carboxylic acid groups (broad SMARTS) is 1. The first-order valence-corrected chi connectivity index (χ1v) is 6.32. The highest BCUT2D eigenvalue weighted by Crippen LogP contribution is 2.26. The Labute approximate surface area is 119 Å². The molecule has 1 aromatic heterocycles. The third-order valence-electron chi connectivity index (χ3n) is 3.51. The van der Waals surface area contributed by atoms with Gasteiger partial charge in [0, 0.05) is 5.56 Å². The Kier molecular flexibility index (Phi) is 3.97. The van der Waals surface area contributed by atoms with Crippen LogP contribution in [0.2, 0.25) is 0 Å². The van der Waals surface area contributed by atoms with Crippen LogP contribution in [0.3, 0.4) is 0 Å². The van der Waals surface area contributed by atoms with Gasteiger partial charge in [-0.05, 0) is 42.0 Å². The van der Waals surface area contributed by atoms with E-state index in [1.807, 2.05) is 0 Å². The maximum atomic E-state index is 13.3. The van der Waals surface area contributed by atoms with Gasteiger partial charge in [-0.25, -0.2) is 13.5 Å². The Morgan fingerprint density at radius 2 is 2.10 bits per heavy atom. The first-order valence-electron chi connectivity index (χ1n) is 6.32. The van der Waals surface area contributed by atoms with Gasteiger partial charge in [0.05, 0.1) is 12.0 Å². The molecule has 1 unspecified atom stereocenters. The predicted molar refractivity (Wildman–Crippen MR) is 69.2 cm³/mol. The minimum Gasteiger partial charge on any atom is -0.481 e. The number of hydrogen-bond donors (Lipinski definition) is 1. The molecule has 1 N–H and O–H groups in total. The van der Waals surface area contributed by atoms with E-state index in [4.69, 9.17) is 0 Å². The van der Waals surface area contributed by atoms with Crippen LogP contribution in [0.25, 0.3) is 11.4 Å². The second kappa shape index (κ2) is 5.55. The zero-order valence-electron chi connectivity index (χ0n) is 11.5. The van der Waals surface area contributed by atoms with Crippen molar-refractivity contribution in [2.24, 2.45) is 5.41 Å². The summed E-state index contributed by atoms with van der Waals surface area (Å²) in [6.07, 6.45) is 0.374. The van der Waals surface area contributed by atoms with Crippen LogP contribution in [-0.2, 0) is 11.3 Å². The van der Waals surface area contributed by atoms with Crippen LogP contribution in [0, 0.1) is 17.0 Å². The highest BCUT2D eigenvalue weighted by Gasteiger charge is 2.33. The summed E-state index contributed by atoms with van der Waals surface area (Å²) in [5.41, 5.74) is -0.773. The summed E-state index contributed by atoms with van der Waals surface area (Å²) in [4.78, 5) is 11.3. The van der Waals surface area contributed by atoms with Crippen molar-refractivity contribution in [2.45, 2.75) is 26.8 Å². The monoisotopic (exact) mass is 296 g/mol.